The summed E-state index contributed by atoms with van der Waals surface area (Å²) in [5, 5.41) is 2.85. The van der Waals surface area contributed by atoms with E-state index in [0.29, 0.717) is 30.4 Å². The number of ether oxygens (including phenoxy) is 1. The van der Waals surface area contributed by atoms with Gasteiger partial charge in [0.15, 0.2) is 0 Å². The van der Waals surface area contributed by atoms with E-state index in [-0.39, 0.29) is 5.91 Å². The summed E-state index contributed by atoms with van der Waals surface area (Å²) in [6.45, 7) is 4.61. The highest BCUT2D eigenvalue weighted by atomic mass is 32.1. The molecule has 1 aliphatic heterocycles. The Balaban J connectivity index is 1.31. The van der Waals surface area contributed by atoms with Crippen molar-refractivity contribution in [2.75, 3.05) is 31.1 Å². The highest BCUT2D eigenvalue weighted by molar-refractivity contribution is 7.00. The third kappa shape index (κ3) is 4.13. The molecule has 1 fully saturated rings. The standard InChI is InChI=1S/C18H20N6O2S/c1-12-20-16(24-7-2-3-8-24)11-17(21-12)26-9-6-19-18(25)13-4-5-14-15(10-13)23-27-22-14/h4-5,10-11H,2-3,6-9H2,1H3,(H,19,25). The van der Waals surface area contributed by atoms with Gasteiger partial charge in [0.1, 0.15) is 29.3 Å². The van der Waals surface area contributed by atoms with E-state index < -0.39 is 0 Å². The molecule has 0 aliphatic carbocycles. The molecule has 1 saturated heterocycles. The molecule has 0 spiro atoms. The lowest BCUT2D eigenvalue weighted by molar-refractivity contribution is 0.0946. The minimum Gasteiger partial charge on any atom is -0.476 e. The molecule has 0 unspecified atom stereocenters. The third-order valence-electron chi connectivity index (χ3n) is 4.38. The maximum Gasteiger partial charge on any atom is 0.251 e. The van der Waals surface area contributed by atoms with Crippen LogP contribution in [0.2, 0.25) is 0 Å². The molecule has 2 aromatic heterocycles. The van der Waals surface area contributed by atoms with Crippen molar-refractivity contribution >= 4 is 34.5 Å². The minimum absolute atomic E-state index is 0.162. The van der Waals surface area contributed by atoms with Gasteiger partial charge in [-0.15, -0.1) is 0 Å². The van der Waals surface area contributed by atoms with Gasteiger partial charge in [0.05, 0.1) is 18.3 Å². The van der Waals surface area contributed by atoms with Gasteiger partial charge in [-0.3, -0.25) is 4.79 Å². The summed E-state index contributed by atoms with van der Waals surface area (Å²) in [5.74, 6) is 1.96. The van der Waals surface area contributed by atoms with Crippen LogP contribution in [0.1, 0.15) is 29.0 Å². The molecule has 3 aromatic rings. The lowest BCUT2D eigenvalue weighted by atomic mass is 10.2. The van der Waals surface area contributed by atoms with Crippen LogP contribution in [0.3, 0.4) is 0 Å². The third-order valence-corrected chi connectivity index (χ3v) is 4.94. The zero-order valence-corrected chi connectivity index (χ0v) is 15.8. The van der Waals surface area contributed by atoms with Crippen LogP contribution in [0, 0.1) is 6.92 Å². The summed E-state index contributed by atoms with van der Waals surface area (Å²) in [7, 11) is 0. The molecule has 8 nitrogen and oxygen atoms in total. The summed E-state index contributed by atoms with van der Waals surface area (Å²) in [4.78, 5) is 23.3. The molecule has 4 rings (SSSR count). The molecule has 27 heavy (non-hydrogen) atoms. The highest BCUT2D eigenvalue weighted by Gasteiger charge is 2.15. The number of aryl methyl sites for hydroxylation is 1. The quantitative estimate of drug-likeness (QED) is 0.651. The molecule has 3 heterocycles. The molecule has 0 saturated carbocycles. The van der Waals surface area contributed by atoms with Crippen molar-refractivity contribution < 1.29 is 9.53 Å². The van der Waals surface area contributed by atoms with Crippen LogP contribution in [-0.4, -0.2) is 50.9 Å². The summed E-state index contributed by atoms with van der Waals surface area (Å²) in [6.07, 6.45) is 2.38. The van der Waals surface area contributed by atoms with Gasteiger partial charge < -0.3 is 15.0 Å². The number of benzene rings is 1. The van der Waals surface area contributed by atoms with Gasteiger partial charge in [-0.05, 0) is 38.0 Å². The van der Waals surface area contributed by atoms with Gasteiger partial charge in [0, 0.05) is 24.7 Å². The number of nitrogens with one attached hydrogen (secondary N) is 1. The molecule has 9 heteroatoms. The number of rotatable bonds is 6. The van der Waals surface area contributed by atoms with Crippen molar-refractivity contribution in [1.29, 1.82) is 0 Å². The Hall–Kier alpha value is -2.81. The molecular formula is C18H20N6O2S. The van der Waals surface area contributed by atoms with Gasteiger partial charge in [0.25, 0.3) is 5.91 Å². The van der Waals surface area contributed by atoms with Crippen LogP contribution in [0.15, 0.2) is 24.3 Å². The van der Waals surface area contributed by atoms with Crippen molar-refractivity contribution in [3.8, 4) is 5.88 Å². The lowest BCUT2D eigenvalue weighted by Crippen LogP contribution is -2.28. The van der Waals surface area contributed by atoms with Gasteiger partial charge in [-0.25, -0.2) is 4.98 Å². The largest absolute Gasteiger partial charge is 0.476 e. The van der Waals surface area contributed by atoms with E-state index in [1.54, 1.807) is 18.2 Å². The van der Waals surface area contributed by atoms with Crippen LogP contribution < -0.4 is 15.0 Å². The van der Waals surface area contributed by atoms with Crippen molar-refractivity contribution in [3.05, 3.63) is 35.7 Å². The number of carbonyl (C=O) groups excluding carboxylic acids is 1. The maximum absolute atomic E-state index is 12.3. The fourth-order valence-electron chi connectivity index (χ4n) is 3.05. The first-order chi connectivity index (χ1) is 13.2. The number of fused-ring (bicyclic) bond motifs is 1. The zero-order chi connectivity index (χ0) is 18.6. The number of carbonyl (C=O) groups is 1. The fraction of sp³-hybridized carbons (Fsp3) is 0.389. The molecule has 0 bridgehead atoms. The van der Waals surface area contributed by atoms with Gasteiger partial charge in [-0.2, -0.15) is 13.7 Å². The Morgan fingerprint density at radius 2 is 2.00 bits per heavy atom. The average Bonchev–Trinajstić information content (AvgIpc) is 3.35. The van der Waals surface area contributed by atoms with Gasteiger partial charge in [-0.1, -0.05) is 0 Å². The number of amides is 1. The number of hydrogen-bond donors (Lipinski definition) is 1. The minimum atomic E-state index is -0.162. The van der Waals surface area contributed by atoms with E-state index in [0.717, 1.165) is 41.7 Å². The lowest BCUT2D eigenvalue weighted by Gasteiger charge is -2.17. The first kappa shape index (κ1) is 17.6. The van der Waals surface area contributed by atoms with Crippen molar-refractivity contribution in [2.45, 2.75) is 19.8 Å². The van der Waals surface area contributed by atoms with E-state index in [4.69, 9.17) is 4.74 Å². The van der Waals surface area contributed by atoms with Crippen LogP contribution in [-0.2, 0) is 0 Å². The normalized spacial score (nSPS) is 13.9. The van der Waals surface area contributed by atoms with Crippen LogP contribution in [0.4, 0.5) is 5.82 Å². The average molecular weight is 384 g/mol. The molecule has 1 amide bonds. The van der Waals surface area contributed by atoms with E-state index in [1.807, 2.05) is 13.0 Å². The molecular weight excluding hydrogens is 364 g/mol. The van der Waals surface area contributed by atoms with Crippen LogP contribution in [0.25, 0.3) is 11.0 Å². The summed E-state index contributed by atoms with van der Waals surface area (Å²) < 4.78 is 14.0. The van der Waals surface area contributed by atoms with E-state index in [1.165, 1.54) is 12.8 Å². The number of anilines is 1. The maximum atomic E-state index is 12.3. The predicted octanol–water partition coefficient (Wildman–Crippen LogP) is 2.20. The number of hydrogen-bond acceptors (Lipinski definition) is 8. The number of nitrogens with zero attached hydrogens (tertiary/aromatic N) is 5. The van der Waals surface area contributed by atoms with E-state index in [2.05, 4.69) is 28.9 Å². The van der Waals surface area contributed by atoms with Crippen molar-refractivity contribution in [1.82, 2.24) is 24.0 Å². The Bertz CT molecular complexity index is 954. The fourth-order valence-corrected chi connectivity index (χ4v) is 3.57. The summed E-state index contributed by atoms with van der Waals surface area (Å²) in [6, 6.07) is 7.15. The number of aromatic nitrogens is 4. The molecule has 0 radical (unpaired) electrons. The van der Waals surface area contributed by atoms with Crippen LogP contribution >= 0.6 is 11.7 Å². The Morgan fingerprint density at radius 1 is 1.19 bits per heavy atom. The zero-order valence-electron chi connectivity index (χ0n) is 15.0. The smallest absolute Gasteiger partial charge is 0.251 e. The Labute approximate surface area is 160 Å². The monoisotopic (exact) mass is 384 g/mol. The summed E-state index contributed by atoms with van der Waals surface area (Å²) in [5.41, 5.74) is 2.09. The van der Waals surface area contributed by atoms with Crippen molar-refractivity contribution in [3.63, 3.8) is 0 Å². The first-order valence-electron chi connectivity index (χ1n) is 8.93. The van der Waals surface area contributed by atoms with Crippen molar-refractivity contribution in [2.24, 2.45) is 0 Å². The second-order valence-corrected chi connectivity index (χ2v) is 6.91. The second kappa shape index (κ2) is 7.83. The highest BCUT2D eigenvalue weighted by Crippen LogP contribution is 2.21. The SMILES string of the molecule is Cc1nc(OCCNC(=O)c2ccc3nsnc3c2)cc(N2CCCC2)n1. The van der Waals surface area contributed by atoms with E-state index in [9.17, 15) is 4.79 Å². The molecule has 1 N–H and O–H groups in total. The van der Waals surface area contributed by atoms with E-state index >= 15 is 0 Å². The molecule has 1 aromatic carbocycles. The van der Waals surface area contributed by atoms with Crippen LogP contribution in [0.5, 0.6) is 5.88 Å². The Kier molecular flexibility index (Phi) is 5.10. The molecule has 140 valence electrons. The molecule has 1 aliphatic rings. The Morgan fingerprint density at radius 3 is 2.85 bits per heavy atom. The predicted molar refractivity (Wildman–Crippen MR) is 103 cm³/mol. The van der Waals surface area contributed by atoms with Gasteiger partial charge >= 0.3 is 0 Å². The summed E-state index contributed by atoms with van der Waals surface area (Å²) >= 11 is 1.14. The topological polar surface area (TPSA) is 93.1 Å². The second-order valence-electron chi connectivity index (χ2n) is 6.38. The van der Waals surface area contributed by atoms with Gasteiger partial charge in [0.2, 0.25) is 5.88 Å². The molecule has 0 atom stereocenters. The first-order valence-corrected chi connectivity index (χ1v) is 9.66.